The molecule has 4 nitrogen and oxygen atoms in total. The molecule has 2 aromatic rings. The monoisotopic (exact) mass is 370 g/mol. The van der Waals surface area contributed by atoms with E-state index in [1.807, 2.05) is 50.2 Å². The van der Waals surface area contributed by atoms with Gasteiger partial charge in [-0.25, -0.2) is 0 Å². The zero-order chi connectivity index (χ0) is 19.5. The molecule has 0 amide bonds. The molecule has 0 bridgehead atoms. The smallest absolute Gasteiger partial charge is 0.142 e. The Bertz CT molecular complexity index is 701. The lowest BCUT2D eigenvalue weighted by molar-refractivity contribution is 0.300. The van der Waals surface area contributed by atoms with E-state index >= 15 is 0 Å². The first-order valence-corrected chi connectivity index (χ1v) is 10.0. The van der Waals surface area contributed by atoms with Gasteiger partial charge in [-0.05, 0) is 49.9 Å². The topological polar surface area (TPSA) is 70.5 Å². The second-order valence-electron chi connectivity index (χ2n) is 7.18. The molecular formula is C23H34N2O2. The van der Waals surface area contributed by atoms with Gasteiger partial charge in [0.15, 0.2) is 0 Å². The Morgan fingerprint density at radius 1 is 0.704 bits per heavy atom. The molecule has 0 unspecified atom stereocenters. The van der Waals surface area contributed by atoms with Crippen LogP contribution in [-0.2, 0) is 0 Å². The van der Waals surface area contributed by atoms with Crippen molar-refractivity contribution in [1.82, 2.24) is 0 Å². The molecule has 0 aliphatic heterocycles. The Morgan fingerprint density at radius 3 is 2.00 bits per heavy atom. The zero-order valence-corrected chi connectivity index (χ0v) is 16.8. The molecule has 0 spiro atoms. The van der Waals surface area contributed by atoms with Crippen molar-refractivity contribution < 1.29 is 9.47 Å². The standard InChI is InChI=1S/C23H34N2O2/c1-18-13-14-20(17-21(18)24)26-15-8-6-4-3-5-7-9-16-27-22-12-10-11-19(2)23(22)25/h10-14,17H,3-9,15-16,24-25H2,1-2H3. The van der Waals surface area contributed by atoms with Crippen molar-refractivity contribution in [2.75, 3.05) is 24.7 Å². The highest BCUT2D eigenvalue weighted by atomic mass is 16.5. The lowest BCUT2D eigenvalue weighted by Gasteiger charge is -2.10. The van der Waals surface area contributed by atoms with Crippen LogP contribution in [0, 0.1) is 13.8 Å². The first-order chi connectivity index (χ1) is 13.1. The molecule has 0 fully saturated rings. The number of benzene rings is 2. The molecule has 0 aliphatic rings. The molecule has 4 N–H and O–H groups in total. The number of anilines is 2. The van der Waals surface area contributed by atoms with Crippen LogP contribution in [0.3, 0.4) is 0 Å². The summed E-state index contributed by atoms with van der Waals surface area (Å²) in [4.78, 5) is 0. The van der Waals surface area contributed by atoms with Crippen molar-refractivity contribution in [2.24, 2.45) is 0 Å². The maximum atomic E-state index is 6.01. The SMILES string of the molecule is Cc1ccc(OCCCCCCCCCOc2cccc(C)c2N)cc1N. The minimum absolute atomic E-state index is 0.737. The molecule has 0 aromatic heterocycles. The van der Waals surface area contributed by atoms with Crippen LogP contribution >= 0.6 is 0 Å². The maximum Gasteiger partial charge on any atom is 0.142 e. The summed E-state index contributed by atoms with van der Waals surface area (Å²) in [5, 5.41) is 0. The molecule has 0 heterocycles. The summed E-state index contributed by atoms with van der Waals surface area (Å²) in [6.45, 7) is 5.50. The first-order valence-electron chi connectivity index (χ1n) is 10.0. The maximum absolute atomic E-state index is 6.01. The van der Waals surface area contributed by atoms with E-state index < -0.39 is 0 Å². The second kappa shape index (κ2) is 11.4. The van der Waals surface area contributed by atoms with Crippen LogP contribution < -0.4 is 20.9 Å². The zero-order valence-electron chi connectivity index (χ0n) is 16.8. The van der Waals surface area contributed by atoms with E-state index in [1.54, 1.807) is 0 Å². The van der Waals surface area contributed by atoms with E-state index in [0.717, 1.165) is 60.1 Å². The van der Waals surface area contributed by atoms with Gasteiger partial charge in [-0.2, -0.15) is 0 Å². The predicted octanol–water partition coefficient (Wildman–Crippen LogP) is 5.66. The third-order valence-corrected chi connectivity index (χ3v) is 4.85. The number of rotatable bonds is 12. The van der Waals surface area contributed by atoms with Crippen molar-refractivity contribution in [1.29, 1.82) is 0 Å². The number of hydrogen-bond donors (Lipinski definition) is 2. The number of nitrogen functional groups attached to an aromatic ring is 2. The lowest BCUT2D eigenvalue weighted by Crippen LogP contribution is -2.01. The van der Waals surface area contributed by atoms with Crippen LogP contribution in [0.4, 0.5) is 11.4 Å². The van der Waals surface area contributed by atoms with E-state index in [9.17, 15) is 0 Å². The van der Waals surface area contributed by atoms with Gasteiger partial charge in [0.25, 0.3) is 0 Å². The molecule has 0 saturated carbocycles. The molecule has 0 atom stereocenters. The Labute approximate surface area is 163 Å². The van der Waals surface area contributed by atoms with Crippen molar-refractivity contribution >= 4 is 11.4 Å². The summed E-state index contributed by atoms with van der Waals surface area (Å²) in [5.74, 6) is 1.68. The van der Waals surface area contributed by atoms with E-state index in [2.05, 4.69) is 0 Å². The van der Waals surface area contributed by atoms with Gasteiger partial charge in [-0.1, -0.05) is 50.3 Å². The third-order valence-electron chi connectivity index (χ3n) is 4.85. The molecule has 0 aliphatic carbocycles. The van der Waals surface area contributed by atoms with Crippen LogP contribution in [0.1, 0.15) is 56.1 Å². The fourth-order valence-corrected chi connectivity index (χ4v) is 2.95. The largest absolute Gasteiger partial charge is 0.494 e. The minimum Gasteiger partial charge on any atom is -0.494 e. The van der Waals surface area contributed by atoms with Crippen LogP contribution in [0.5, 0.6) is 11.5 Å². The molecular weight excluding hydrogens is 336 g/mol. The Kier molecular flexibility index (Phi) is 8.82. The Hall–Kier alpha value is -2.36. The predicted molar refractivity (Wildman–Crippen MR) is 114 cm³/mol. The van der Waals surface area contributed by atoms with E-state index in [-0.39, 0.29) is 0 Å². The van der Waals surface area contributed by atoms with Gasteiger partial charge < -0.3 is 20.9 Å². The molecule has 0 saturated heterocycles. The van der Waals surface area contributed by atoms with E-state index in [0.29, 0.717) is 0 Å². The van der Waals surface area contributed by atoms with Crippen molar-refractivity contribution in [2.45, 2.75) is 58.8 Å². The average Bonchev–Trinajstić information content (AvgIpc) is 2.65. The highest BCUT2D eigenvalue weighted by Crippen LogP contribution is 2.24. The summed E-state index contributed by atoms with van der Waals surface area (Å²) < 4.78 is 11.5. The molecule has 0 radical (unpaired) electrons. The fourth-order valence-electron chi connectivity index (χ4n) is 2.95. The Morgan fingerprint density at radius 2 is 1.33 bits per heavy atom. The number of para-hydroxylation sites is 1. The van der Waals surface area contributed by atoms with E-state index in [1.165, 1.54) is 32.1 Å². The summed E-state index contributed by atoms with van der Waals surface area (Å²) in [6, 6.07) is 11.8. The van der Waals surface area contributed by atoms with Crippen molar-refractivity contribution in [3.05, 3.63) is 47.5 Å². The van der Waals surface area contributed by atoms with Gasteiger partial charge in [0, 0.05) is 11.8 Å². The van der Waals surface area contributed by atoms with Crippen molar-refractivity contribution in [3.63, 3.8) is 0 Å². The molecule has 2 aromatic carbocycles. The van der Waals surface area contributed by atoms with E-state index in [4.69, 9.17) is 20.9 Å². The average molecular weight is 371 g/mol. The van der Waals surface area contributed by atoms with Gasteiger partial charge in [0.05, 0.1) is 18.9 Å². The first kappa shape index (κ1) is 20.9. The van der Waals surface area contributed by atoms with Gasteiger partial charge in [0.1, 0.15) is 11.5 Å². The molecule has 148 valence electrons. The molecule has 2 rings (SSSR count). The van der Waals surface area contributed by atoms with Crippen LogP contribution in [0.2, 0.25) is 0 Å². The van der Waals surface area contributed by atoms with Gasteiger partial charge in [0.2, 0.25) is 0 Å². The number of unbranched alkanes of at least 4 members (excludes halogenated alkanes) is 6. The van der Waals surface area contributed by atoms with Crippen LogP contribution in [0.25, 0.3) is 0 Å². The summed E-state index contributed by atoms with van der Waals surface area (Å²) in [5.41, 5.74) is 15.6. The van der Waals surface area contributed by atoms with Crippen LogP contribution in [0.15, 0.2) is 36.4 Å². The quantitative estimate of drug-likeness (QED) is 0.374. The Balaban J connectivity index is 1.43. The minimum atomic E-state index is 0.737. The van der Waals surface area contributed by atoms with Crippen LogP contribution in [-0.4, -0.2) is 13.2 Å². The highest BCUT2D eigenvalue weighted by molar-refractivity contribution is 5.57. The summed E-state index contributed by atoms with van der Waals surface area (Å²) >= 11 is 0. The summed E-state index contributed by atoms with van der Waals surface area (Å²) in [7, 11) is 0. The lowest BCUT2D eigenvalue weighted by atomic mass is 10.1. The summed E-state index contributed by atoms with van der Waals surface area (Å²) in [6.07, 6.45) is 8.34. The molecule has 27 heavy (non-hydrogen) atoms. The molecule has 4 heteroatoms. The number of aryl methyl sites for hydroxylation is 2. The van der Waals surface area contributed by atoms with Gasteiger partial charge in [-0.15, -0.1) is 0 Å². The third kappa shape index (κ3) is 7.41. The number of hydrogen-bond acceptors (Lipinski definition) is 4. The normalized spacial score (nSPS) is 10.7. The fraction of sp³-hybridized carbons (Fsp3) is 0.478. The second-order valence-corrected chi connectivity index (χ2v) is 7.18. The van der Waals surface area contributed by atoms with Gasteiger partial charge >= 0.3 is 0 Å². The number of nitrogens with two attached hydrogens (primary N) is 2. The highest BCUT2D eigenvalue weighted by Gasteiger charge is 2.02. The van der Waals surface area contributed by atoms with Gasteiger partial charge in [-0.3, -0.25) is 0 Å². The number of ether oxygens (including phenoxy) is 2. The van der Waals surface area contributed by atoms with Crippen molar-refractivity contribution in [3.8, 4) is 11.5 Å².